The van der Waals surface area contributed by atoms with Crippen LogP contribution in [0.25, 0.3) is 0 Å². The van der Waals surface area contributed by atoms with Gasteiger partial charge in [-0.05, 0) is 38.5 Å². The Bertz CT molecular complexity index is 300. The Balaban J connectivity index is 3.14. The van der Waals surface area contributed by atoms with E-state index in [9.17, 15) is 4.79 Å². The second-order valence-electron chi connectivity index (χ2n) is 8.92. The highest BCUT2D eigenvalue weighted by Gasteiger charge is 2.02. The van der Waals surface area contributed by atoms with Gasteiger partial charge in [-0.2, -0.15) is 0 Å². The molecule has 30 heavy (non-hydrogen) atoms. The Kier molecular flexibility index (Phi) is 26.3. The third-order valence-electron chi connectivity index (χ3n) is 5.77. The fraction of sp³-hybridized carbons (Fsp3) is 0.963. The molecule has 0 aromatic heterocycles. The van der Waals surface area contributed by atoms with E-state index in [2.05, 4.69) is 13.8 Å². The highest BCUT2D eigenvalue weighted by molar-refractivity contribution is 5.78. The van der Waals surface area contributed by atoms with Crippen LogP contribution in [0.1, 0.15) is 142 Å². The van der Waals surface area contributed by atoms with Crippen LogP contribution in [-0.2, 0) is 14.3 Å². The normalized spacial score (nSPS) is 11.3. The molecule has 3 nitrogen and oxygen atoms in total. The van der Waals surface area contributed by atoms with E-state index in [0.717, 1.165) is 52.1 Å². The summed E-state index contributed by atoms with van der Waals surface area (Å²) >= 11 is 0. The lowest BCUT2D eigenvalue weighted by molar-refractivity contribution is -0.119. The molecular formula is C27H54O3. The molecule has 0 saturated carbocycles. The summed E-state index contributed by atoms with van der Waals surface area (Å²) in [5, 5.41) is 0. The fourth-order valence-electron chi connectivity index (χ4n) is 3.64. The van der Waals surface area contributed by atoms with Crippen LogP contribution in [0.15, 0.2) is 0 Å². The van der Waals surface area contributed by atoms with E-state index < -0.39 is 0 Å². The number of ether oxygens (including phenoxy) is 2. The van der Waals surface area contributed by atoms with Crippen molar-refractivity contribution in [3.05, 3.63) is 0 Å². The van der Waals surface area contributed by atoms with Crippen LogP contribution in [0.3, 0.4) is 0 Å². The molecule has 0 atom stereocenters. The maximum Gasteiger partial charge on any atom is 0.132 e. The first-order valence-corrected chi connectivity index (χ1v) is 13.5. The van der Waals surface area contributed by atoms with E-state index in [1.807, 2.05) is 0 Å². The second-order valence-corrected chi connectivity index (χ2v) is 8.92. The fourth-order valence-corrected chi connectivity index (χ4v) is 3.64. The topological polar surface area (TPSA) is 35.5 Å². The maximum absolute atomic E-state index is 12.0. The first-order chi connectivity index (χ1) is 14.8. The van der Waals surface area contributed by atoms with Crippen LogP contribution < -0.4 is 0 Å². The first kappa shape index (κ1) is 29.6. The number of ketones is 1. The lowest BCUT2D eigenvalue weighted by atomic mass is 10.0. The van der Waals surface area contributed by atoms with Crippen molar-refractivity contribution < 1.29 is 14.3 Å². The van der Waals surface area contributed by atoms with E-state index in [1.165, 1.54) is 103 Å². The third kappa shape index (κ3) is 25.6. The number of rotatable bonds is 26. The average Bonchev–Trinajstić information content (AvgIpc) is 2.75. The summed E-state index contributed by atoms with van der Waals surface area (Å²) < 4.78 is 11.2. The molecule has 0 aliphatic carbocycles. The van der Waals surface area contributed by atoms with Gasteiger partial charge in [-0.25, -0.2) is 0 Å². The Morgan fingerprint density at radius 2 is 0.733 bits per heavy atom. The van der Waals surface area contributed by atoms with E-state index in [-0.39, 0.29) is 0 Å². The number of unbranched alkanes of at least 4 members (excludes halogenated alkanes) is 14. The van der Waals surface area contributed by atoms with Crippen molar-refractivity contribution in [3.63, 3.8) is 0 Å². The van der Waals surface area contributed by atoms with Gasteiger partial charge < -0.3 is 9.47 Å². The Hall–Kier alpha value is -0.410. The van der Waals surface area contributed by atoms with Gasteiger partial charge in [0.2, 0.25) is 0 Å². The van der Waals surface area contributed by atoms with E-state index >= 15 is 0 Å². The van der Waals surface area contributed by atoms with E-state index in [4.69, 9.17) is 9.47 Å². The molecule has 3 heteroatoms. The monoisotopic (exact) mass is 426 g/mol. The van der Waals surface area contributed by atoms with Gasteiger partial charge in [0.25, 0.3) is 0 Å². The number of hydrogen-bond acceptors (Lipinski definition) is 3. The largest absolute Gasteiger partial charge is 0.381 e. The molecule has 0 rings (SSSR count). The van der Waals surface area contributed by atoms with Gasteiger partial charge in [-0.1, -0.05) is 90.9 Å². The summed E-state index contributed by atoms with van der Waals surface area (Å²) in [7, 11) is 0. The van der Waals surface area contributed by atoms with Crippen molar-refractivity contribution in [2.24, 2.45) is 0 Å². The van der Waals surface area contributed by atoms with Crippen molar-refractivity contribution in [1.82, 2.24) is 0 Å². The average molecular weight is 427 g/mol. The second kappa shape index (κ2) is 26.6. The molecule has 0 saturated heterocycles. The minimum Gasteiger partial charge on any atom is -0.381 e. The number of carbonyl (C=O) groups excluding carboxylic acids is 1. The van der Waals surface area contributed by atoms with Crippen LogP contribution in [0.2, 0.25) is 0 Å². The van der Waals surface area contributed by atoms with Gasteiger partial charge in [0.15, 0.2) is 0 Å². The van der Waals surface area contributed by atoms with Crippen molar-refractivity contribution in [3.8, 4) is 0 Å². The molecule has 0 spiro atoms. The van der Waals surface area contributed by atoms with Crippen LogP contribution in [0, 0.1) is 0 Å². The van der Waals surface area contributed by atoms with Crippen molar-refractivity contribution in [2.75, 3.05) is 26.4 Å². The SMILES string of the molecule is CCCCOCCCCCCCCCC(=O)CCCCCCCCCOCCCC. The number of Topliss-reactive ketones (excluding diaryl/α,β-unsaturated/α-hetero) is 1. The molecule has 0 unspecified atom stereocenters. The molecule has 0 aromatic rings. The molecule has 0 heterocycles. The highest BCUT2D eigenvalue weighted by Crippen LogP contribution is 2.12. The van der Waals surface area contributed by atoms with E-state index in [1.54, 1.807) is 0 Å². The predicted molar refractivity (Wildman–Crippen MR) is 130 cm³/mol. The van der Waals surface area contributed by atoms with Gasteiger partial charge in [0.1, 0.15) is 5.78 Å². The van der Waals surface area contributed by atoms with Crippen molar-refractivity contribution >= 4 is 5.78 Å². The van der Waals surface area contributed by atoms with Gasteiger partial charge in [0, 0.05) is 39.3 Å². The maximum atomic E-state index is 12.0. The van der Waals surface area contributed by atoms with E-state index in [0.29, 0.717) is 5.78 Å². The van der Waals surface area contributed by atoms with Crippen LogP contribution >= 0.6 is 0 Å². The zero-order valence-corrected chi connectivity index (χ0v) is 20.7. The molecule has 0 fully saturated rings. The van der Waals surface area contributed by atoms with Crippen LogP contribution in [0.5, 0.6) is 0 Å². The minimum absolute atomic E-state index is 0.489. The Labute approximate surface area is 189 Å². The lowest BCUT2D eigenvalue weighted by Gasteiger charge is -2.05. The van der Waals surface area contributed by atoms with Gasteiger partial charge in [-0.3, -0.25) is 4.79 Å². The summed E-state index contributed by atoms with van der Waals surface area (Å²) in [5.74, 6) is 0.489. The molecule has 0 aliphatic rings. The van der Waals surface area contributed by atoms with Gasteiger partial charge in [0.05, 0.1) is 0 Å². The summed E-state index contributed by atoms with van der Waals surface area (Å²) in [5.41, 5.74) is 0. The summed E-state index contributed by atoms with van der Waals surface area (Å²) in [6.07, 6.45) is 23.9. The summed E-state index contributed by atoms with van der Waals surface area (Å²) in [6.45, 7) is 8.13. The molecule has 180 valence electrons. The van der Waals surface area contributed by atoms with Crippen molar-refractivity contribution in [1.29, 1.82) is 0 Å². The standard InChI is InChI=1S/C27H54O3/c1-3-5-23-29-25-19-15-11-7-9-13-17-21-27(28)22-18-14-10-8-12-16-20-26-30-24-6-4-2/h3-26H2,1-2H3. The summed E-state index contributed by atoms with van der Waals surface area (Å²) in [4.78, 5) is 12.0. The number of hydrogen-bond donors (Lipinski definition) is 0. The van der Waals surface area contributed by atoms with Gasteiger partial charge in [-0.15, -0.1) is 0 Å². The molecule has 0 N–H and O–H groups in total. The molecule has 0 amide bonds. The summed E-state index contributed by atoms with van der Waals surface area (Å²) in [6, 6.07) is 0. The Morgan fingerprint density at radius 1 is 0.433 bits per heavy atom. The zero-order valence-electron chi connectivity index (χ0n) is 20.7. The third-order valence-corrected chi connectivity index (χ3v) is 5.77. The van der Waals surface area contributed by atoms with Crippen LogP contribution in [0.4, 0.5) is 0 Å². The predicted octanol–water partition coefficient (Wildman–Crippen LogP) is 8.43. The highest BCUT2D eigenvalue weighted by atomic mass is 16.5. The lowest BCUT2D eigenvalue weighted by Crippen LogP contribution is -1.98. The van der Waals surface area contributed by atoms with Crippen LogP contribution in [-0.4, -0.2) is 32.2 Å². The molecular weight excluding hydrogens is 372 g/mol. The number of carbonyl (C=O) groups is 1. The first-order valence-electron chi connectivity index (χ1n) is 13.5. The minimum atomic E-state index is 0.489. The molecule has 0 aromatic carbocycles. The smallest absolute Gasteiger partial charge is 0.132 e. The Morgan fingerprint density at radius 3 is 1.10 bits per heavy atom. The molecule has 0 aliphatic heterocycles. The quantitative estimate of drug-likeness (QED) is 0.130. The van der Waals surface area contributed by atoms with Gasteiger partial charge >= 0.3 is 0 Å². The molecule has 0 radical (unpaired) electrons. The zero-order chi connectivity index (χ0) is 22.0. The molecule has 0 bridgehead atoms. The van der Waals surface area contributed by atoms with Crippen molar-refractivity contribution in [2.45, 2.75) is 142 Å².